The molecule has 0 fully saturated rings. The molecule has 1 N–H and O–H groups in total. The Morgan fingerprint density at radius 2 is 1.39 bits per heavy atom. The second kappa shape index (κ2) is 7.74. The van der Waals surface area contributed by atoms with Crippen molar-refractivity contribution in [3.05, 3.63) is 0 Å². The van der Waals surface area contributed by atoms with Gasteiger partial charge in [-0.05, 0) is 48.5 Å². The second-order valence-electron chi connectivity index (χ2n) is 5.86. The van der Waals surface area contributed by atoms with Crippen molar-refractivity contribution in [2.45, 2.75) is 72.7 Å². The van der Waals surface area contributed by atoms with E-state index in [0.717, 1.165) is 0 Å². The minimum absolute atomic E-state index is 0.134. The van der Waals surface area contributed by atoms with Crippen LogP contribution in [-0.2, 0) is 4.79 Å². The van der Waals surface area contributed by atoms with Gasteiger partial charge >= 0.3 is 0 Å². The van der Waals surface area contributed by atoms with E-state index < -0.39 is 6.10 Å². The molecule has 4 nitrogen and oxygen atoms in total. The number of aliphatic hydroxyl groups excluding tert-OH is 1. The van der Waals surface area contributed by atoms with Crippen LogP contribution in [0.25, 0.3) is 0 Å². The Labute approximate surface area is 112 Å². The molecule has 0 aliphatic heterocycles. The van der Waals surface area contributed by atoms with Gasteiger partial charge in [0.25, 0.3) is 0 Å². The molecule has 4 heteroatoms. The highest BCUT2D eigenvalue weighted by Gasteiger charge is 2.23. The molecule has 0 bridgehead atoms. The van der Waals surface area contributed by atoms with Gasteiger partial charge in [0.2, 0.25) is 5.91 Å². The Hall–Kier alpha value is -0.610. The summed E-state index contributed by atoms with van der Waals surface area (Å²) in [6.07, 6.45) is -0.410. The summed E-state index contributed by atoms with van der Waals surface area (Å²) in [5, 5.41) is 9.47. The van der Waals surface area contributed by atoms with Crippen molar-refractivity contribution in [3.63, 3.8) is 0 Å². The lowest BCUT2D eigenvalue weighted by molar-refractivity contribution is -0.136. The van der Waals surface area contributed by atoms with Crippen molar-refractivity contribution in [1.29, 1.82) is 0 Å². The molecule has 0 aliphatic carbocycles. The van der Waals surface area contributed by atoms with Gasteiger partial charge in [0, 0.05) is 24.7 Å². The summed E-state index contributed by atoms with van der Waals surface area (Å²) < 4.78 is 0. The predicted octanol–water partition coefficient (Wildman–Crippen LogP) is 1.72. The fraction of sp³-hybridized carbons (Fsp3) is 0.929. The topological polar surface area (TPSA) is 43.8 Å². The van der Waals surface area contributed by atoms with E-state index in [1.807, 2.05) is 51.3 Å². The first-order valence-electron chi connectivity index (χ1n) is 6.90. The summed E-state index contributed by atoms with van der Waals surface area (Å²) in [7, 11) is 0. The van der Waals surface area contributed by atoms with E-state index in [4.69, 9.17) is 0 Å². The highest BCUT2D eigenvalue weighted by atomic mass is 16.3. The predicted molar refractivity (Wildman–Crippen MR) is 75.5 cm³/mol. The van der Waals surface area contributed by atoms with Gasteiger partial charge in [-0.3, -0.25) is 9.69 Å². The maximum Gasteiger partial charge on any atom is 0.237 e. The number of aliphatic hydroxyl groups is 1. The summed E-state index contributed by atoms with van der Waals surface area (Å²) in [6.45, 7) is 14.9. The molecule has 1 atom stereocenters. The van der Waals surface area contributed by atoms with Crippen molar-refractivity contribution >= 4 is 5.91 Å². The van der Waals surface area contributed by atoms with E-state index in [0.29, 0.717) is 13.1 Å². The lowest BCUT2D eigenvalue weighted by atomic mass is 10.2. The van der Waals surface area contributed by atoms with E-state index in [-0.39, 0.29) is 24.0 Å². The maximum absolute atomic E-state index is 12.3. The van der Waals surface area contributed by atoms with E-state index in [1.165, 1.54) is 0 Å². The standard InChI is InChI=1S/C14H30N2O2/c1-10(2)15(8-13(7)17)9-14(18)16(11(3)4)12(5)6/h10-13,17H,8-9H2,1-7H3. The van der Waals surface area contributed by atoms with Gasteiger partial charge in [0.15, 0.2) is 0 Å². The van der Waals surface area contributed by atoms with Gasteiger partial charge in [0.05, 0.1) is 12.6 Å². The molecular formula is C14H30N2O2. The van der Waals surface area contributed by atoms with Gasteiger partial charge in [-0.25, -0.2) is 0 Å². The number of amides is 1. The first-order valence-corrected chi connectivity index (χ1v) is 6.90. The van der Waals surface area contributed by atoms with Gasteiger partial charge in [-0.2, -0.15) is 0 Å². The van der Waals surface area contributed by atoms with Gasteiger partial charge in [-0.1, -0.05) is 0 Å². The summed E-state index contributed by atoms with van der Waals surface area (Å²) in [4.78, 5) is 16.2. The summed E-state index contributed by atoms with van der Waals surface area (Å²) >= 11 is 0. The quantitative estimate of drug-likeness (QED) is 0.756. The largest absolute Gasteiger partial charge is 0.392 e. The third-order valence-corrected chi connectivity index (χ3v) is 2.97. The molecule has 0 aromatic heterocycles. The summed E-state index contributed by atoms with van der Waals surface area (Å²) in [6, 6.07) is 0.667. The SMILES string of the molecule is CC(O)CN(CC(=O)N(C(C)C)C(C)C)C(C)C. The molecule has 1 unspecified atom stereocenters. The molecule has 0 saturated heterocycles. The average molecular weight is 258 g/mol. The van der Waals surface area contributed by atoms with Gasteiger partial charge in [-0.15, -0.1) is 0 Å². The summed E-state index contributed by atoms with van der Waals surface area (Å²) in [5.74, 6) is 0.134. The molecule has 0 heterocycles. The number of carbonyl (C=O) groups excluding carboxylic acids is 1. The average Bonchev–Trinajstić information content (AvgIpc) is 2.13. The van der Waals surface area contributed by atoms with Crippen LogP contribution in [0, 0.1) is 0 Å². The summed E-state index contributed by atoms with van der Waals surface area (Å²) in [5.41, 5.74) is 0. The number of nitrogens with zero attached hydrogens (tertiary/aromatic N) is 2. The zero-order valence-electron chi connectivity index (χ0n) is 13.0. The van der Waals surface area contributed by atoms with Crippen LogP contribution in [0.3, 0.4) is 0 Å². The molecule has 18 heavy (non-hydrogen) atoms. The first-order chi connectivity index (χ1) is 8.16. The van der Waals surface area contributed by atoms with Crippen molar-refractivity contribution in [1.82, 2.24) is 9.80 Å². The fourth-order valence-corrected chi connectivity index (χ4v) is 2.22. The van der Waals surface area contributed by atoms with Crippen LogP contribution in [0.15, 0.2) is 0 Å². The smallest absolute Gasteiger partial charge is 0.237 e. The molecule has 0 saturated carbocycles. The Morgan fingerprint density at radius 1 is 0.944 bits per heavy atom. The van der Waals surface area contributed by atoms with Crippen LogP contribution in [0.5, 0.6) is 0 Å². The van der Waals surface area contributed by atoms with E-state index >= 15 is 0 Å². The molecular weight excluding hydrogens is 228 g/mol. The fourth-order valence-electron chi connectivity index (χ4n) is 2.22. The lowest BCUT2D eigenvalue weighted by Crippen LogP contribution is -2.49. The zero-order valence-corrected chi connectivity index (χ0v) is 13.0. The number of rotatable bonds is 7. The third-order valence-electron chi connectivity index (χ3n) is 2.97. The van der Waals surface area contributed by atoms with Crippen molar-refractivity contribution in [2.75, 3.05) is 13.1 Å². The minimum Gasteiger partial charge on any atom is -0.392 e. The highest BCUT2D eigenvalue weighted by Crippen LogP contribution is 2.08. The Balaban J connectivity index is 4.66. The van der Waals surface area contributed by atoms with E-state index in [9.17, 15) is 9.90 Å². The number of hydrogen-bond donors (Lipinski definition) is 1. The van der Waals surface area contributed by atoms with Crippen LogP contribution >= 0.6 is 0 Å². The Kier molecular flexibility index (Phi) is 7.48. The lowest BCUT2D eigenvalue weighted by Gasteiger charge is -2.34. The minimum atomic E-state index is -0.410. The molecule has 0 aromatic rings. The second-order valence-corrected chi connectivity index (χ2v) is 5.86. The van der Waals surface area contributed by atoms with Crippen molar-refractivity contribution < 1.29 is 9.90 Å². The van der Waals surface area contributed by atoms with Crippen LogP contribution in [0.4, 0.5) is 0 Å². The molecule has 0 radical (unpaired) electrons. The van der Waals surface area contributed by atoms with E-state index in [1.54, 1.807) is 6.92 Å². The molecule has 0 rings (SSSR count). The van der Waals surface area contributed by atoms with Crippen LogP contribution in [-0.4, -0.2) is 58.1 Å². The van der Waals surface area contributed by atoms with E-state index in [2.05, 4.69) is 0 Å². The van der Waals surface area contributed by atoms with Crippen LogP contribution in [0.1, 0.15) is 48.5 Å². The highest BCUT2D eigenvalue weighted by molar-refractivity contribution is 5.78. The Bertz CT molecular complexity index is 242. The molecule has 1 amide bonds. The third kappa shape index (κ3) is 5.83. The van der Waals surface area contributed by atoms with Crippen molar-refractivity contribution in [3.8, 4) is 0 Å². The molecule has 0 aromatic carbocycles. The van der Waals surface area contributed by atoms with Crippen LogP contribution in [0.2, 0.25) is 0 Å². The molecule has 0 spiro atoms. The number of carbonyl (C=O) groups is 1. The first kappa shape index (κ1) is 17.4. The molecule has 108 valence electrons. The van der Waals surface area contributed by atoms with Crippen LogP contribution < -0.4 is 0 Å². The molecule has 0 aliphatic rings. The monoisotopic (exact) mass is 258 g/mol. The zero-order chi connectivity index (χ0) is 14.5. The van der Waals surface area contributed by atoms with Crippen molar-refractivity contribution in [2.24, 2.45) is 0 Å². The Morgan fingerprint density at radius 3 is 1.67 bits per heavy atom. The normalized spacial score (nSPS) is 13.8. The maximum atomic E-state index is 12.3. The number of hydrogen-bond acceptors (Lipinski definition) is 3. The van der Waals surface area contributed by atoms with Gasteiger partial charge < -0.3 is 10.0 Å². The van der Waals surface area contributed by atoms with Gasteiger partial charge in [0.1, 0.15) is 0 Å².